The maximum Gasteiger partial charge on any atom is 0.261 e. The molecule has 0 spiro atoms. The summed E-state index contributed by atoms with van der Waals surface area (Å²) < 4.78 is 1.38. The second kappa shape index (κ2) is 5.53. The predicted octanol–water partition coefficient (Wildman–Crippen LogP) is 0.594. The zero-order chi connectivity index (χ0) is 15.7. The van der Waals surface area contributed by atoms with Crippen molar-refractivity contribution in [3.63, 3.8) is 0 Å². The lowest BCUT2D eigenvalue weighted by Crippen LogP contribution is -2.38. The van der Waals surface area contributed by atoms with E-state index in [4.69, 9.17) is 5.73 Å². The van der Waals surface area contributed by atoms with Crippen molar-refractivity contribution in [1.29, 1.82) is 0 Å². The maximum absolute atomic E-state index is 12.4. The highest BCUT2D eigenvalue weighted by Crippen LogP contribution is 2.28. The fourth-order valence-electron chi connectivity index (χ4n) is 2.87. The molecule has 0 saturated carbocycles. The van der Waals surface area contributed by atoms with Crippen LogP contribution in [0.1, 0.15) is 13.3 Å². The van der Waals surface area contributed by atoms with Crippen molar-refractivity contribution in [2.24, 2.45) is 11.1 Å². The van der Waals surface area contributed by atoms with E-state index in [1.54, 1.807) is 23.1 Å². The average Bonchev–Trinajstić information content (AvgIpc) is 2.94. The van der Waals surface area contributed by atoms with Crippen LogP contribution < -0.4 is 11.3 Å². The minimum Gasteiger partial charge on any atom is -0.341 e. The van der Waals surface area contributed by atoms with Gasteiger partial charge in [-0.1, -0.05) is 19.1 Å². The number of aromatic nitrogens is 2. The molecule has 1 amide bonds. The quantitative estimate of drug-likeness (QED) is 0.899. The standard InChI is InChI=1S/C16H20N4O2/c1-16(9-17)6-7-19(10-16)14(21)8-20-11-18-13-5-3-2-4-12(13)15(20)22/h2-5,11H,6-10,17H2,1H3. The third-order valence-electron chi connectivity index (χ3n) is 4.44. The fraction of sp³-hybridized carbons (Fsp3) is 0.438. The number of hydrogen-bond donors (Lipinski definition) is 1. The van der Waals surface area contributed by atoms with Gasteiger partial charge >= 0.3 is 0 Å². The SMILES string of the molecule is CC1(CN)CCN(C(=O)Cn2cnc3ccccc3c2=O)C1. The maximum atomic E-state index is 12.4. The van der Waals surface area contributed by atoms with E-state index in [2.05, 4.69) is 11.9 Å². The zero-order valence-corrected chi connectivity index (χ0v) is 12.7. The van der Waals surface area contributed by atoms with Crippen molar-refractivity contribution >= 4 is 16.8 Å². The molecule has 6 nitrogen and oxygen atoms in total. The molecule has 22 heavy (non-hydrogen) atoms. The van der Waals surface area contributed by atoms with Crippen LogP contribution in [0.15, 0.2) is 35.4 Å². The van der Waals surface area contributed by atoms with Crippen molar-refractivity contribution in [2.45, 2.75) is 19.9 Å². The Kier molecular flexibility index (Phi) is 3.70. The summed E-state index contributed by atoms with van der Waals surface area (Å²) >= 11 is 0. The number of rotatable bonds is 3. The average molecular weight is 300 g/mol. The smallest absolute Gasteiger partial charge is 0.261 e. The second-order valence-electron chi connectivity index (χ2n) is 6.27. The van der Waals surface area contributed by atoms with Gasteiger partial charge < -0.3 is 10.6 Å². The molecule has 0 radical (unpaired) electrons. The monoisotopic (exact) mass is 300 g/mol. The predicted molar refractivity (Wildman–Crippen MR) is 84.4 cm³/mol. The lowest BCUT2D eigenvalue weighted by atomic mass is 9.90. The highest BCUT2D eigenvalue weighted by molar-refractivity contribution is 5.79. The van der Waals surface area contributed by atoms with Crippen LogP contribution in [-0.4, -0.2) is 40.0 Å². The normalized spacial score (nSPS) is 21.5. The van der Waals surface area contributed by atoms with E-state index < -0.39 is 0 Å². The van der Waals surface area contributed by atoms with Crippen molar-refractivity contribution in [3.05, 3.63) is 40.9 Å². The number of likely N-dealkylation sites (tertiary alicyclic amines) is 1. The molecule has 1 saturated heterocycles. The first kappa shape index (κ1) is 14.7. The molecule has 2 N–H and O–H groups in total. The van der Waals surface area contributed by atoms with E-state index >= 15 is 0 Å². The lowest BCUT2D eigenvalue weighted by molar-refractivity contribution is -0.131. The summed E-state index contributed by atoms with van der Waals surface area (Å²) in [5.41, 5.74) is 6.22. The molecule has 1 fully saturated rings. The molecule has 116 valence electrons. The van der Waals surface area contributed by atoms with E-state index in [0.717, 1.165) is 6.42 Å². The lowest BCUT2D eigenvalue weighted by Gasteiger charge is -2.22. The number of fused-ring (bicyclic) bond motifs is 1. The van der Waals surface area contributed by atoms with Gasteiger partial charge in [0.1, 0.15) is 6.54 Å². The molecule has 0 bridgehead atoms. The van der Waals surface area contributed by atoms with Crippen molar-refractivity contribution in [2.75, 3.05) is 19.6 Å². The molecular formula is C16H20N4O2. The Morgan fingerprint density at radius 1 is 1.41 bits per heavy atom. The highest BCUT2D eigenvalue weighted by atomic mass is 16.2. The molecule has 2 heterocycles. The number of nitrogens with two attached hydrogens (primary N) is 1. The van der Waals surface area contributed by atoms with Crippen LogP contribution in [0.2, 0.25) is 0 Å². The van der Waals surface area contributed by atoms with E-state index in [-0.39, 0.29) is 23.4 Å². The minimum atomic E-state index is -0.181. The number of para-hydroxylation sites is 1. The van der Waals surface area contributed by atoms with E-state index in [1.807, 2.05) is 6.07 Å². The van der Waals surface area contributed by atoms with Gasteiger partial charge in [0.15, 0.2) is 0 Å². The molecule has 1 atom stereocenters. The Bertz CT molecular complexity index is 770. The number of hydrogen-bond acceptors (Lipinski definition) is 4. The van der Waals surface area contributed by atoms with Gasteiger partial charge in [-0.25, -0.2) is 4.98 Å². The van der Waals surface area contributed by atoms with Gasteiger partial charge in [0, 0.05) is 13.1 Å². The zero-order valence-electron chi connectivity index (χ0n) is 12.7. The highest BCUT2D eigenvalue weighted by Gasteiger charge is 2.34. The third kappa shape index (κ3) is 2.62. The molecular weight excluding hydrogens is 280 g/mol. The van der Waals surface area contributed by atoms with Crippen LogP contribution in [0.3, 0.4) is 0 Å². The first-order chi connectivity index (χ1) is 10.5. The van der Waals surface area contributed by atoms with Crippen molar-refractivity contribution < 1.29 is 4.79 Å². The number of amides is 1. The Morgan fingerprint density at radius 3 is 2.91 bits per heavy atom. The van der Waals surface area contributed by atoms with Gasteiger partial charge in [-0.2, -0.15) is 0 Å². The first-order valence-electron chi connectivity index (χ1n) is 7.44. The van der Waals surface area contributed by atoms with Crippen molar-refractivity contribution in [1.82, 2.24) is 14.5 Å². The van der Waals surface area contributed by atoms with Gasteiger partial charge in [-0.15, -0.1) is 0 Å². The summed E-state index contributed by atoms with van der Waals surface area (Å²) in [6.45, 7) is 4.02. The fourth-order valence-corrected chi connectivity index (χ4v) is 2.87. The summed E-state index contributed by atoms with van der Waals surface area (Å²) in [4.78, 5) is 30.8. The van der Waals surface area contributed by atoms with Gasteiger partial charge in [0.2, 0.25) is 5.91 Å². The number of carbonyl (C=O) groups excluding carboxylic acids is 1. The number of nitrogens with zero attached hydrogens (tertiary/aromatic N) is 3. The summed E-state index contributed by atoms with van der Waals surface area (Å²) in [7, 11) is 0. The van der Waals surface area contributed by atoms with Gasteiger partial charge in [0.05, 0.1) is 17.2 Å². The number of benzene rings is 1. The van der Waals surface area contributed by atoms with Crippen LogP contribution in [0, 0.1) is 5.41 Å². The molecule has 1 aliphatic rings. The summed E-state index contributed by atoms with van der Waals surface area (Å²) in [6, 6.07) is 7.15. The molecule has 1 aromatic carbocycles. The third-order valence-corrected chi connectivity index (χ3v) is 4.44. The second-order valence-corrected chi connectivity index (χ2v) is 6.27. The molecule has 1 aliphatic heterocycles. The van der Waals surface area contributed by atoms with E-state index in [9.17, 15) is 9.59 Å². The summed E-state index contributed by atoms with van der Waals surface area (Å²) in [6.07, 6.45) is 2.35. The first-order valence-corrected chi connectivity index (χ1v) is 7.44. The molecule has 1 aromatic heterocycles. The van der Waals surface area contributed by atoms with Crippen LogP contribution >= 0.6 is 0 Å². The Balaban J connectivity index is 1.81. The molecule has 1 unspecified atom stereocenters. The largest absolute Gasteiger partial charge is 0.341 e. The van der Waals surface area contributed by atoms with Gasteiger partial charge in [-0.3, -0.25) is 14.2 Å². The Hall–Kier alpha value is -2.21. The Labute approximate surface area is 128 Å². The molecule has 6 heteroatoms. The molecule has 0 aliphatic carbocycles. The Morgan fingerprint density at radius 2 is 2.18 bits per heavy atom. The van der Waals surface area contributed by atoms with Gasteiger partial charge in [0.25, 0.3) is 5.56 Å². The topological polar surface area (TPSA) is 81.2 Å². The van der Waals surface area contributed by atoms with Gasteiger partial charge in [-0.05, 0) is 30.5 Å². The van der Waals surface area contributed by atoms with Crippen LogP contribution in [0.25, 0.3) is 10.9 Å². The van der Waals surface area contributed by atoms with E-state index in [1.165, 1.54) is 10.9 Å². The van der Waals surface area contributed by atoms with Crippen LogP contribution in [0.4, 0.5) is 0 Å². The van der Waals surface area contributed by atoms with Crippen LogP contribution in [0.5, 0.6) is 0 Å². The molecule has 2 aromatic rings. The van der Waals surface area contributed by atoms with Crippen molar-refractivity contribution in [3.8, 4) is 0 Å². The minimum absolute atomic E-state index is 0.0117. The molecule has 3 rings (SSSR count). The van der Waals surface area contributed by atoms with Crippen LogP contribution in [-0.2, 0) is 11.3 Å². The number of carbonyl (C=O) groups is 1. The summed E-state index contributed by atoms with van der Waals surface area (Å²) in [5.74, 6) is -0.0589. The van der Waals surface area contributed by atoms with E-state index in [0.29, 0.717) is 30.5 Å². The summed E-state index contributed by atoms with van der Waals surface area (Å²) in [5, 5.41) is 0.533.